The third-order valence-corrected chi connectivity index (χ3v) is 5.19. The summed E-state index contributed by atoms with van der Waals surface area (Å²) in [6.07, 6.45) is 22.7. The number of carboxylic acid groups (broad SMARTS) is 1. The summed E-state index contributed by atoms with van der Waals surface area (Å²) in [5, 5.41) is 17.3. The number of carbonyl (C=O) groups is 1. The normalized spacial score (nSPS) is 12.4. The summed E-state index contributed by atoms with van der Waals surface area (Å²) in [6.45, 7) is 7.18. The molecule has 0 saturated heterocycles. The molecule has 0 amide bonds. The molecule has 4 N–H and O–H groups in total. The van der Waals surface area contributed by atoms with E-state index in [1.165, 1.54) is 96.3 Å². The van der Waals surface area contributed by atoms with Crippen LogP contribution in [-0.2, 0) is 4.79 Å². The van der Waals surface area contributed by atoms with Gasteiger partial charge in [-0.15, -0.1) is 0 Å². The highest BCUT2D eigenvalue weighted by atomic mass is 16.4. The fourth-order valence-electron chi connectivity index (χ4n) is 3.26. The van der Waals surface area contributed by atoms with Crippen molar-refractivity contribution in [2.45, 2.75) is 148 Å². The fraction of sp³-hybridized carbons (Fsp3) is 0.958. The molecule has 0 aliphatic heterocycles. The third kappa shape index (κ3) is 27.6. The van der Waals surface area contributed by atoms with Crippen LogP contribution in [0.1, 0.15) is 137 Å². The second kappa shape index (κ2) is 21.1. The van der Waals surface area contributed by atoms with E-state index < -0.39 is 11.5 Å². The van der Waals surface area contributed by atoms with Crippen molar-refractivity contribution >= 4 is 5.97 Å². The summed E-state index contributed by atoms with van der Waals surface area (Å²) in [4.78, 5) is 9.00. The molecule has 170 valence electrons. The minimum Gasteiger partial charge on any atom is -0.481 e. The van der Waals surface area contributed by atoms with E-state index in [2.05, 4.69) is 6.92 Å². The van der Waals surface area contributed by atoms with Gasteiger partial charge in [0.05, 0.1) is 6.10 Å². The average molecular weight is 402 g/mol. The molecule has 0 spiro atoms. The van der Waals surface area contributed by atoms with Gasteiger partial charge >= 0.3 is 0 Å². The van der Waals surface area contributed by atoms with E-state index in [1.807, 2.05) is 13.8 Å². The average Bonchev–Trinajstić information content (AvgIpc) is 2.60. The standard InChI is InChI=1S/C22H47NO.C2H4O2/c1-4-5-6-7-8-9-10-11-12-13-14-15-16-17-18-19-20-21(24)22(2,3)23;1-2(3)4/h21,24H,4-20,23H2,1-3H3;1H3,(H,3,4). The van der Waals surface area contributed by atoms with Gasteiger partial charge in [0, 0.05) is 12.5 Å². The SMILES string of the molecule is CC(=O)O.CCCCCCCCCCCCCCCCCCC(O)C(C)(C)N. The number of unbranched alkanes of at least 4 members (excludes halogenated alkanes) is 15. The number of aliphatic hydroxyl groups excluding tert-OH is 1. The van der Waals surface area contributed by atoms with Crippen molar-refractivity contribution in [1.29, 1.82) is 0 Å². The Balaban J connectivity index is 0. The Morgan fingerprint density at radius 3 is 1.25 bits per heavy atom. The van der Waals surface area contributed by atoms with Gasteiger partial charge in [-0.1, -0.05) is 110 Å². The molecule has 1 unspecified atom stereocenters. The first-order valence-electron chi connectivity index (χ1n) is 11.9. The molecule has 28 heavy (non-hydrogen) atoms. The summed E-state index contributed by atoms with van der Waals surface area (Å²) in [5.74, 6) is -0.833. The van der Waals surface area contributed by atoms with Gasteiger partial charge in [-0.2, -0.15) is 0 Å². The van der Waals surface area contributed by atoms with Crippen molar-refractivity contribution in [2.75, 3.05) is 0 Å². The van der Waals surface area contributed by atoms with Gasteiger partial charge in [0.25, 0.3) is 5.97 Å². The van der Waals surface area contributed by atoms with E-state index in [4.69, 9.17) is 15.6 Å². The number of carboxylic acids is 1. The van der Waals surface area contributed by atoms with Crippen molar-refractivity contribution in [1.82, 2.24) is 0 Å². The summed E-state index contributed by atoms with van der Waals surface area (Å²) in [7, 11) is 0. The Morgan fingerprint density at radius 1 is 0.750 bits per heavy atom. The van der Waals surface area contributed by atoms with Crippen LogP contribution in [0.5, 0.6) is 0 Å². The van der Waals surface area contributed by atoms with Crippen molar-refractivity contribution < 1.29 is 15.0 Å². The summed E-state index contributed by atoms with van der Waals surface area (Å²) >= 11 is 0. The molecule has 1 atom stereocenters. The van der Waals surface area contributed by atoms with Crippen LogP contribution in [0.25, 0.3) is 0 Å². The smallest absolute Gasteiger partial charge is 0.300 e. The molecule has 0 aromatic heterocycles. The number of aliphatic hydroxyl groups is 1. The van der Waals surface area contributed by atoms with E-state index in [0.717, 1.165) is 19.8 Å². The van der Waals surface area contributed by atoms with Gasteiger partial charge in [-0.05, 0) is 20.3 Å². The minimum atomic E-state index is -0.833. The molecule has 4 nitrogen and oxygen atoms in total. The monoisotopic (exact) mass is 401 g/mol. The minimum absolute atomic E-state index is 0.357. The highest BCUT2D eigenvalue weighted by Crippen LogP contribution is 2.16. The maximum atomic E-state index is 9.88. The zero-order valence-electron chi connectivity index (χ0n) is 19.5. The summed E-state index contributed by atoms with van der Waals surface area (Å²) in [5.41, 5.74) is 5.45. The van der Waals surface area contributed by atoms with Crippen LogP contribution in [0.4, 0.5) is 0 Å². The van der Waals surface area contributed by atoms with E-state index in [9.17, 15) is 5.11 Å². The van der Waals surface area contributed by atoms with Gasteiger partial charge in [0.2, 0.25) is 0 Å². The molecule has 0 aromatic carbocycles. The Kier molecular flexibility index (Phi) is 22.3. The molecule has 0 fully saturated rings. The van der Waals surface area contributed by atoms with Crippen molar-refractivity contribution in [3.8, 4) is 0 Å². The molecule has 0 saturated carbocycles. The Hall–Kier alpha value is -0.610. The van der Waals surface area contributed by atoms with Gasteiger partial charge in [0.15, 0.2) is 0 Å². The zero-order chi connectivity index (χ0) is 21.7. The van der Waals surface area contributed by atoms with Crippen LogP contribution < -0.4 is 5.73 Å². The number of nitrogens with two attached hydrogens (primary N) is 1. The number of hydrogen-bond acceptors (Lipinski definition) is 3. The van der Waals surface area contributed by atoms with Gasteiger partial charge < -0.3 is 15.9 Å². The van der Waals surface area contributed by atoms with Gasteiger partial charge in [-0.25, -0.2) is 0 Å². The van der Waals surface area contributed by atoms with E-state index in [0.29, 0.717) is 0 Å². The van der Waals surface area contributed by atoms with Crippen LogP contribution in [0, 0.1) is 0 Å². The van der Waals surface area contributed by atoms with Crippen molar-refractivity contribution in [3.63, 3.8) is 0 Å². The van der Waals surface area contributed by atoms with Crippen LogP contribution in [0.15, 0.2) is 0 Å². The second-order valence-corrected chi connectivity index (χ2v) is 8.95. The van der Waals surface area contributed by atoms with Gasteiger partial charge in [0.1, 0.15) is 0 Å². The highest BCUT2D eigenvalue weighted by molar-refractivity contribution is 5.62. The van der Waals surface area contributed by atoms with Crippen LogP contribution in [0.2, 0.25) is 0 Å². The lowest BCUT2D eigenvalue weighted by atomic mass is 9.94. The fourth-order valence-corrected chi connectivity index (χ4v) is 3.26. The Bertz CT molecular complexity index is 322. The van der Waals surface area contributed by atoms with E-state index >= 15 is 0 Å². The number of hydrogen-bond donors (Lipinski definition) is 3. The Labute approximate surface area is 175 Å². The molecule has 0 aliphatic rings. The maximum absolute atomic E-state index is 9.88. The summed E-state index contributed by atoms with van der Waals surface area (Å²) < 4.78 is 0. The molecule has 4 heteroatoms. The lowest BCUT2D eigenvalue weighted by molar-refractivity contribution is -0.134. The van der Waals surface area contributed by atoms with Crippen LogP contribution in [0.3, 0.4) is 0 Å². The predicted octanol–water partition coefficient (Wildman–Crippen LogP) is 6.83. The first-order chi connectivity index (χ1) is 13.2. The molecule has 0 heterocycles. The molecular formula is C24H51NO3. The van der Waals surface area contributed by atoms with Crippen LogP contribution in [-0.4, -0.2) is 27.8 Å². The van der Waals surface area contributed by atoms with Crippen molar-refractivity contribution in [3.05, 3.63) is 0 Å². The highest BCUT2D eigenvalue weighted by Gasteiger charge is 2.21. The quantitative estimate of drug-likeness (QED) is 0.220. The zero-order valence-corrected chi connectivity index (χ0v) is 19.5. The second-order valence-electron chi connectivity index (χ2n) is 8.95. The Morgan fingerprint density at radius 2 is 1.00 bits per heavy atom. The number of aliphatic carboxylic acids is 1. The summed E-state index contributed by atoms with van der Waals surface area (Å²) in [6, 6.07) is 0. The lowest BCUT2D eigenvalue weighted by Crippen LogP contribution is -2.44. The first-order valence-corrected chi connectivity index (χ1v) is 11.9. The van der Waals surface area contributed by atoms with Crippen molar-refractivity contribution in [2.24, 2.45) is 5.73 Å². The molecule has 0 rings (SSSR count). The maximum Gasteiger partial charge on any atom is 0.300 e. The number of rotatable bonds is 18. The van der Waals surface area contributed by atoms with E-state index in [1.54, 1.807) is 0 Å². The van der Waals surface area contributed by atoms with Gasteiger partial charge in [-0.3, -0.25) is 4.79 Å². The lowest BCUT2D eigenvalue weighted by Gasteiger charge is -2.25. The molecule has 0 radical (unpaired) electrons. The predicted molar refractivity (Wildman–Crippen MR) is 122 cm³/mol. The molecule has 0 bridgehead atoms. The topological polar surface area (TPSA) is 83.5 Å². The molecule has 0 aromatic rings. The first kappa shape index (κ1) is 29.6. The molecule has 0 aliphatic carbocycles. The van der Waals surface area contributed by atoms with Crippen LogP contribution >= 0.6 is 0 Å². The largest absolute Gasteiger partial charge is 0.481 e. The molecular weight excluding hydrogens is 350 g/mol. The van der Waals surface area contributed by atoms with E-state index in [-0.39, 0.29) is 6.10 Å². The third-order valence-electron chi connectivity index (χ3n) is 5.19.